The molecule has 0 amide bonds. The number of aliphatic imine (C=N–C) groups is 1. The van der Waals surface area contributed by atoms with E-state index in [0.29, 0.717) is 17.2 Å². The summed E-state index contributed by atoms with van der Waals surface area (Å²) in [6.07, 6.45) is 1.69. The normalized spacial score (nSPS) is 22.8. The van der Waals surface area contributed by atoms with Crippen molar-refractivity contribution in [2.24, 2.45) is 9.76 Å². The molecule has 1 N–H and O–H groups in total. The molecule has 0 spiro atoms. The fourth-order valence-corrected chi connectivity index (χ4v) is 5.32. The number of ketones is 1. The van der Waals surface area contributed by atoms with Gasteiger partial charge in [0, 0.05) is 16.8 Å². The third kappa shape index (κ3) is 3.01. The van der Waals surface area contributed by atoms with E-state index in [9.17, 15) is 4.79 Å². The number of fused-ring (bicyclic) bond motifs is 2. The highest BCUT2D eigenvalue weighted by atomic mass is 31.1. The molecule has 0 aromatic heterocycles. The third-order valence-electron chi connectivity index (χ3n) is 5.11. The van der Waals surface area contributed by atoms with Gasteiger partial charge in [-0.2, -0.15) is 5.20 Å². The van der Waals surface area contributed by atoms with Crippen molar-refractivity contribution < 1.29 is 9.53 Å². The minimum Gasteiger partial charge on any atom is -0.443 e. The van der Waals surface area contributed by atoms with Crippen LogP contribution in [0.4, 0.5) is 0 Å². The van der Waals surface area contributed by atoms with Crippen molar-refractivity contribution in [2.45, 2.75) is 19.8 Å². The van der Waals surface area contributed by atoms with E-state index in [1.54, 1.807) is 13.3 Å². The molecule has 0 saturated heterocycles. The highest BCUT2D eigenvalue weighted by Crippen LogP contribution is 2.47. The quantitative estimate of drug-likeness (QED) is 0.794. The van der Waals surface area contributed by atoms with E-state index in [-0.39, 0.29) is 11.7 Å². The van der Waals surface area contributed by atoms with E-state index in [1.807, 2.05) is 60.5 Å². The molecule has 29 heavy (non-hydrogen) atoms. The average Bonchev–Trinajstić information content (AvgIpc) is 3.18. The van der Waals surface area contributed by atoms with Crippen molar-refractivity contribution in [1.29, 1.82) is 0 Å². The lowest BCUT2D eigenvalue weighted by atomic mass is 9.80. The molecular weight excluding hydrogens is 383 g/mol. The van der Waals surface area contributed by atoms with Gasteiger partial charge in [-0.25, -0.2) is 14.8 Å². The number of rotatable bonds is 3. The Kier molecular flexibility index (Phi) is 4.38. The zero-order chi connectivity index (χ0) is 20.0. The molecular formula is C22H19N4O2P. The maximum absolute atomic E-state index is 12.6. The lowest BCUT2D eigenvalue weighted by Gasteiger charge is -2.33. The van der Waals surface area contributed by atoms with Gasteiger partial charge >= 0.3 is 0 Å². The highest BCUT2D eigenvalue weighted by molar-refractivity contribution is 7.62. The molecule has 144 valence electrons. The topological polar surface area (TPSA) is 66.3 Å². The molecule has 3 aliphatic heterocycles. The van der Waals surface area contributed by atoms with E-state index in [4.69, 9.17) is 9.50 Å². The highest BCUT2D eigenvalue weighted by Gasteiger charge is 2.42. The zero-order valence-corrected chi connectivity index (χ0v) is 16.9. The van der Waals surface area contributed by atoms with Crippen LogP contribution in [-0.4, -0.2) is 23.0 Å². The Bertz CT molecular complexity index is 1110. The molecule has 3 heterocycles. The molecule has 0 aliphatic carbocycles. The van der Waals surface area contributed by atoms with Crippen LogP contribution in [0.25, 0.3) is 0 Å². The molecule has 2 aromatic carbocycles. The van der Waals surface area contributed by atoms with Gasteiger partial charge in [0.2, 0.25) is 5.88 Å². The number of nitrogens with one attached hydrogen (secondary N) is 1. The molecule has 6 nitrogen and oxygen atoms in total. The summed E-state index contributed by atoms with van der Waals surface area (Å²) in [5.74, 6) is 1.56. The molecule has 7 heteroatoms. The van der Waals surface area contributed by atoms with Crippen molar-refractivity contribution in [3.63, 3.8) is 0 Å². The van der Waals surface area contributed by atoms with Gasteiger partial charge in [-0.3, -0.25) is 4.79 Å². The molecule has 3 aliphatic rings. The molecule has 0 saturated carbocycles. The number of amidine groups is 1. The first-order valence-corrected chi connectivity index (χ1v) is 10.7. The van der Waals surface area contributed by atoms with E-state index >= 15 is 0 Å². The lowest BCUT2D eigenvalue weighted by Crippen LogP contribution is -2.41. The van der Waals surface area contributed by atoms with Gasteiger partial charge in [0.25, 0.3) is 0 Å². The summed E-state index contributed by atoms with van der Waals surface area (Å²) in [7, 11) is -0.970. The third-order valence-corrected chi connectivity index (χ3v) is 6.69. The number of benzene rings is 2. The average molecular weight is 402 g/mol. The standard InChI is InChI=1S/C22H19N4O2P/c1-14(27)18-15(2)28-22-20(19(18)16-9-5-3-6-10-16)21-24-29(25-26(21)13-23-22)17-11-7-4-8-12-17/h3-13,19,25H,1-2H3. The largest absolute Gasteiger partial charge is 0.443 e. The first-order chi connectivity index (χ1) is 14.1. The number of hydrogen-bond acceptors (Lipinski definition) is 6. The van der Waals surface area contributed by atoms with Gasteiger partial charge in [0.15, 0.2) is 11.6 Å². The van der Waals surface area contributed by atoms with Crippen LogP contribution in [0.1, 0.15) is 25.3 Å². The van der Waals surface area contributed by atoms with Gasteiger partial charge in [-0.15, -0.1) is 0 Å². The van der Waals surface area contributed by atoms with Crippen LogP contribution >= 0.6 is 8.22 Å². The number of ether oxygens (including phenoxy) is 1. The maximum atomic E-state index is 12.6. The molecule has 2 atom stereocenters. The van der Waals surface area contributed by atoms with Crippen LogP contribution in [0.15, 0.2) is 93.2 Å². The zero-order valence-electron chi connectivity index (χ0n) is 16.0. The minimum absolute atomic E-state index is 0.0131. The van der Waals surface area contributed by atoms with Crippen LogP contribution in [0.3, 0.4) is 0 Å². The molecule has 0 radical (unpaired) electrons. The minimum atomic E-state index is -0.970. The van der Waals surface area contributed by atoms with E-state index < -0.39 is 8.22 Å². The molecule has 0 fully saturated rings. The van der Waals surface area contributed by atoms with Crippen molar-refractivity contribution in [3.05, 3.63) is 89.0 Å². The molecule has 0 bridgehead atoms. The Morgan fingerprint density at radius 2 is 1.79 bits per heavy atom. The summed E-state index contributed by atoms with van der Waals surface area (Å²) in [6.45, 7) is 3.41. The molecule has 2 unspecified atom stereocenters. The first kappa shape index (κ1) is 18.0. The summed E-state index contributed by atoms with van der Waals surface area (Å²) in [5.41, 5.74) is 2.48. The first-order valence-electron chi connectivity index (χ1n) is 9.36. The van der Waals surface area contributed by atoms with Crippen LogP contribution in [-0.2, 0) is 9.53 Å². The van der Waals surface area contributed by atoms with Crippen LogP contribution in [0, 0.1) is 0 Å². The predicted octanol–water partition coefficient (Wildman–Crippen LogP) is 3.77. The second-order valence-electron chi connectivity index (χ2n) is 6.98. The van der Waals surface area contributed by atoms with Crippen molar-refractivity contribution in [2.75, 3.05) is 0 Å². The van der Waals surface area contributed by atoms with Gasteiger partial charge in [0.05, 0.1) is 5.57 Å². The van der Waals surface area contributed by atoms with Crippen molar-refractivity contribution in [1.82, 2.24) is 10.2 Å². The fourth-order valence-electron chi connectivity index (χ4n) is 3.85. The van der Waals surface area contributed by atoms with Gasteiger partial charge in [0.1, 0.15) is 20.3 Å². The number of nitrogens with zero attached hydrogens (tertiary/aromatic N) is 3. The number of carbonyl (C=O) groups is 1. The summed E-state index contributed by atoms with van der Waals surface area (Å²) in [6, 6.07) is 20.1. The smallest absolute Gasteiger partial charge is 0.228 e. The number of carbonyl (C=O) groups excluding carboxylic acids is 1. The number of hydrogen-bond donors (Lipinski definition) is 1. The Labute approximate surface area is 170 Å². The summed E-state index contributed by atoms with van der Waals surface area (Å²) in [5, 5.41) is 6.38. The van der Waals surface area contributed by atoms with Gasteiger partial charge in [-0.1, -0.05) is 60.7 Å². The van der Waals surface area contributed by atoms with Gasteiger partial charge in [-0.05, 0) is 19.4 Å². The Hall–Kier alpha value is -3.08. The van der Waals surface area contributed by atoms with E-state index in [1.165, 1.54) is 0 Å². The molecule has 2 aromatic rings. The Morgan fingerprint density at radius 3 is 2.48 bits per heavy atom. The lowest BCUT2D eigenvalue weighted by molar-refractivity contribution is -0.114. The van der Waals surface area contributed by atoms with Gasteiger partial charge < -0.3 is 4.74 Å². The maximum Gasteiger partial charge on any atom is 0.228 e. The number of hydrazine groups is 1. The Morgan fingerprint density at radius 1 is 1.10 bits per heavy atom. The summed E-state index contributed by atoms with van der Waals surface area (Å²) < 4.78 is 11.0. The summed E-state index contributed by atoms with van der Waals surface area (Å²) >= 11 is 0. The van der Waals surface area contributed by atoms with E-state index in [2.05, 4.69) is 22.3 Å². The van der Waals surface area contributed by atoms with E-state index in [0.717, 1.165) is 22.3 Å². The van der Waals surface area contributed by atoms with Crippen LogP contribution in [0.5, 0.6) is 0 Å². The van der Waals surface area contributed by atoms with Crippen molar-refractivity contribution >= 4 is 31.5 Å². The van der Waals surface area contributed by atoms with Crippen molar-refractivity contribution in [3.8, 4) is 0 Å². The molecule has 5 rings (SSSR count). The number of allylic oxidation sites excluding steroid dienone is 2. The summed E-state index contributed by atoms with van der Waals surface area (Å²) in [4.78, 5) is 17.1. The Balaban J connectivity index is 1.65. The predicted molar refractivity (Wildman–Crippen MR) is 115 cm³/mol. The SMILES string of the molecule is CC(=O)C1=C(C)OC2=C(C3=NP(c4ccccc4)NN3C=N2)C1c1ccccc1. The second-order valence-corrected chi connectivity index (χ2v) is 8.52. The second kappa shape index (κ2) is 7.07. The van der Waals surface area contributed by atoms with Crippen LogP contribution < -0.4 is 10.5 Å². The van der Waals surface area contributed by atoms with Crippen LogP contribution in [0.2, 0.25) is 0 Å². The fraction of sp³-hybridized carbons (Fsp3) is 0.136. The monoisotopic (exact) mass is 402 g/mol. The number of Topliss-reactive ketones (excluding diaryl/α,β-unsaturated/α-hetero) is 1.